The number of nitrogens with zero attached hydrogens (tertiary/aromatic N) is 6. The van der Waals surface area contributed by atoms with Crippen molar-refractivity contribution in [2.24, 2.45) is 0 Å². The van der Waals surface area contributed by atoms with Crippen LogP contribution in [-0.2, 0) is 0 Å². The largest absolute Gasteiger partial charge is 0.339 e. The molecule has 0 N–H and O–H groups in total. The van der Waals surface area contributed by atoms with Gasteiger partial charge < -0.3 is 4.90 Å². The molecule has 0 aliphatic rings. The molecule has 2 heterocycles. The van der Waals surface area contributed by atoms with Gasteiger partial charge in [-0.3, -0.25) is 9.20 Å². The maximum atomic E-state index is 11.6. The van der Waals surface area contributed by atoms with Crippen molar-refractivity contribution in [2.45, 2.75) is 4.90 Å². The van der Waals surface area contributed by atoms with Gasteiger partial charge in [-0.25, -0.2) is 4.98 Å². The lowest BCUT2D eigenvalue weighted by Crippen LogP contribution is -2.16. The van der Waals surface area contributed by atoms with E-state index in [2.05, 4.69) is 9.97 Å². The molecule has 0 atom stereocenters. The van der Waals surface area contributed by atoms with Crippen LogP contribution in [0.3, 0.4) is 0 Å². The Labute approximate surface area is 113 Å². The number of nitriles is 2. The fourth-order valence-electron chi connectivity index (χ4n) is 1.35. The number of imidazole rings is 1. The third-order valence-electron chi connectivity index (χ3n) is 2.24. The van der Waals surface area contributed by atoms with Crippen molar-refractivity contribution in [3.63, 3.8) is 0 Å². The van der Waals surface area contributed by atoms with Crippen molar-refractivity contribution < 1.29 is 4.79 Å². The van der Waals surface area contributed by atoms with E-state index < -0.39 is 0 Å². The Hall–Kier alpha value is -2.58. The number of hydrogen-bond donors (Lipinski definition) is 0. The van der Waals surface area contributed by atoms with Crippen LogP contribution in [0.5, 0.6) is 0 Å². The molecule has 0 aliphatic carbocycles. The van der Waals surface area contributed by atoms with Gasteiger partial charge in [0.15, 0.2) is 11.4 Å². The molecular formula is C11H8N6OS. The summed E-state index contributed by atoms with van der Waals surface area (Å²) in [6, 6.07) is 3.74. The topological polar surface area (TPSA) is 98.1 Å². The van der Waals surface area contributed by atoms with E-state index >= 15 is 0 Å². The monoisotopic (exact) mass is 272 g/mol. The van der Waals surface area contributed by atoms with Crippen molar-refractivity contribution in [1.82, 2.24) is 19.3 Å². The van der Waals surface area contributed by atoms with Gasteiger partial charge in [0.05, 0.1) is 4.90 Å². The van der Waals surface area contributed by atoms with Crippen molar-refractivity contribution >= 4 is 22.8 Å². The summed E-state index contributed by atoms with van der Waals surface area (Å²) in [6.45, 7) is 0. The van der Waals surface area contributed by atoms with Gasteiger partial charge in [-0.2, -0.15) is 15.5 Å². The Morgan fingerprint density at radius 2 is 2.16 bits per heavy atom. The molecule has 0 saturated carbocycles. The second kappa shape index (κ2) is 4.96. The lowest BCUT2D eigenvalue weighted by atomic mass is 10.4. The molecule has 0 radical (unpaired) electrons. The van der Waals surface area contributed by atoms with Crippen LogP contribution in [0.25, 0.3) is 5.78 Å². The number of rotatable bonds is 1. The molecule has 94 valence electrons. The summed E-state index contributed by atoms with van der Waals surface area (Å²) in [7, 11) is 3.29. The summed E-state index contributed by atoms with van der Waals surface area (Å²) in [5.41, 5.74) is 0.140. The molecule has 0 spiro atoms. The summed E-state index contributed by atoms with van der Waals surface area (Å²) in [6.07, 6.45) is 3.05. The molecule has 0 unspecified atom stereocenters. The van der Waals surface area contributed by atoms with E-state index in [-0.39, 0.29) is 22.4 Å². The highest BCUT2D eigenvalue weighted by molar-refractivity contribution is 8.13. The zero-order chi connectivity index (χ0) is 14.0. The van der Waals surface area contributed by atoms with Crippen LogP contribution in [0.15, 0.2) is 17.3 Å². The predicted molar refractivity (Wildman–Crippen MR) is 67.4 cm³/mol. The minimum atomic E-state index is -0.153. The summed E-state index contributed by atoms with van der Waals surface area (Å²) in [5, 5.41) is 17.7. The zero-order valence-corrected chi connectivity index (χ0v) is 11.0. The van der Waals surface area contributed by atoms with Gasteiger partial charge in [0.25, 0.3) is 5.24 Å². The minimum absolute atomic E-state index is 0.0242. The van der Waals surface area contributed by atoms with Crippen molar-refractivity contribution in [1.29, 1.82) is 10.5 Å². The van der Waals surface area contributed by atoms with E-state index in [9.17, 15) is 4.79 Å². The predicted octanol–water partition coefficient (Wildman–Crippen LogP) is 1.25. The lowest BCUT2D eigenvalue weighted by molar-refractivity contribution is 0.241. The number of carbonyl (C=O) groups is 1. The normalized spacial score (nSPS) is 9.89. The van der Waals surface area contributed by atoms with Crippen LogP contribution >= 0.6 is 11.8 Å². The highest BCUT2D eigenvalue weighted by atomic mass is 32.2. The van der Waals surface area contributed by atoms with E-state index in [0.29, 0.717) is 4.90 Å². The number of hydrogen-bond acceptors (Lipinski definition) is 6. The first kappa shape index (κ1) is 12.9. The van der Waals surface area contributed by atoms with E-state index in [0.717, 1.165) is 11.8 Å². The smallest absolute Gasteiger partial charge is 0.286 e. The molecule has 2 aromatic heterocycles. The first-order valence-electron chi connectivity index (χ1n) is 5.14. The zero-order valence-electron chi connectivity index (χ0n) is 10.2. The van der Waals surface area contributed by atoms with Gasteiger partial charge in [0.2, 0.25) is 5.78 Å². The van der Waals surface area contributed by atoms with E-state index in [1.165, 1.54) is 15.5 Å². The van der Waals surface area contributed by atoms with Gasteiger partial charge in [0.1, 0.15) is 12.1 Å². The SMILES string of the molecule is CN(C)C(=O)Sc1cnc2nc(C#N)c(C#N)n2c1. The summed E-state index contributed by atoms with van der Waals surface area (Å²) in [4.78, 5) is 21.5. The quantitative estimate of drug-likeness (QED) is 0.724. The molecule has 8 heteroatoms. The Morgan fingerprint density at radius 1 is 1.42 bits per heavy atom. The van der Waals surface area contributed by atoms with Gasteiger partial charge in [-0.1, -0.05) is 0 Å². The fraction of sp³-hybridized carbons (Fsp3) is 0.182. The molecule has 7 nitrogen and oxygen atoms in total. The van der Waals surface area contributed by atoms with Crippen molar-refractivity contribution in [3.05, 3.63) is 23.8 Å². The van der Waals surface area contributed by atoms with Crippen LogP contribution in [0, 0.1) is 22.7 Å². The second-order valence-corrected chi connectivity index (χ2v) is 4.78. The molecule has 0 aliphatic heterocycles. The van der Waals surface area contributed by atoms with E-state index in [4.69, 9.17) is 10.5 Å². The summed E-state index contributed by atoms with van der Waals surface area (Å²) in [5.74, 6) is 0.259. The second-order valence-electron chi connectivity index (χ2n) is 3.75. The first-order chi connectivity index (χ1) is 9.06. The Bertz CT molecular complexity index is 736. The number of fused-ring (bicyclic) bond motifs is 1. The molecule has 0 aromatic carbocycles. The average molecular weight is 272 g/mol. The van der Waals surface area contributed by atoms with E-state index in [1.54, 1.807) is 20.3 Å². The maximum absolute atomic E-state index is 11.6. The van der Waals surface area contributed by atoms with Crippen molar-refractivity contribution in [3.8, 4) is 12.1 Å². The fourth-order valence-corrected chi connectivity index (χ4v) is 1.99. The first-order valence-corrected chi connectivity index (χ1v) is 5.96. The minimum Gasteiger partial charge on any atom is -0.339 e. The van der Waals surface area contributed by atoms with Crippen LogP contribution in [0.4, 0.5) is 4.79 Å². The maximum Gasteiger partial charge on any atom is 0.286 e. The Morgan fingerprint density at radius 3 is 2.74 bits per heavy atom. The standard InChI is InChI=1S/C11H8N6OS/c1-16(2)11(18)19-7-5-14-10-15-8(3-12)9(4-13)17(10)6-7/h5-6H,1-2H3. The van der Waals surface area contributed by atoms with E-state index in [1.807, 2.05) is 12.1 Å². The highest BCUT2D eigenvalue weighted by Gasteiger charge is 2.14. The van der Waals surface area contributed by atoms with Gasteiger partial charge >= 0.3 is 0 Å². The number of aromatic nitrogens is 3. The third-order valence-corrected chi connectivity index (χ3v) is 3.22. The van der Waals surface area contributed by atoms with Gasteiger partial charge in [-0.05, 0) is 11.8 Å². The molecular weight excluding hydrogens is 264 g/mol. The molecule has 1 amide bonds. The molecule has 19 heavy (non-hydrogen) atoms. The molecule has 2 aromatic rings. The van der Waals surface area contributed by atoms with Gasteiger partial charge in [-0.15, -0.1) is 0 Å². The van der Waals surface area contributed by atoms with Crippen LogP contribution < -0.4 is 0 Å². The third kappa shape index (κ3) is 2.34. The lowest BCUT2D eigenvalue weighted by Gasteiger charge is -2.08. The molecule has 0 fully saturated rings. The van der Waals surface area contributed by atoms with Crippen molar-refractivity contribution in [2.75, 3.05) is 14.1 Å². The molecule has 0 bridgehead atoms. The van der Waals surface area contributed by atoms with Crippen LogP contribution in [-0.4, -0.2) is 38.6 Å². The highest BCUT2D eigenvalue weighted by Crippen LogP contribution is 2.21. The summed E-state index contributed by atoms with van der Waals surface area (Å²) < 4.78 is 1.41. The molecule has 2 rings (SSSR count). The summed E-state index contributed by atoms with van der Waals surface area (Å²) >= 11 is 0.986. The number of thioether (sulfide) groups is 1. The Kier molecular flexibility index (Phi) is 3.36. The average Bonchev–Trinajstić information content (AvgIpc) is 2.75. The Balaban J connectivity index is 2.49. The van der Waals surface area contributed by atoms with Crippen LogP contribution in [0.2, 0.25) is 0 Å². The van der Waals surface area contributed by atoms with Gasteiger partial charge in [0, 0.05) is 26.5 Å². The molecule has 0 saturated heterocycles. The number of carbonyl (C=O) groups excluding carboxylic acids is 1. The number of amides is 1. The van der Waals surface area contributed by atoms with Crippen LogP contribution in [0.1, 0.15) is 11.4 Å².